The van der Waals surface area contributed by atoms with Crippen molar-refractivity contribution in [2.45, 2.75) is 18.9 Å². The molecule has 0 spiro atoms. The van der Waals surface area contributed by atoms with E-state index in [9.17, 15) is 4.79 Å². The zero-order valence-corrected chi connectivity index (χ0v) is 13.2. The first-order valence-corrected chi connectivity index (χ1v) is 8.09. The minimum atomic E-state index is -0.150. The predicted octanol–water partition coefficient (Wildman–Crippen LogP) is 2.31. The van der Waals surface area contributed by atoms with Gasteiger partial charge < -0.3 is 10.1 Å². The molecule has 4 rings (SSSR count). The molecular formula is C18H18N4O2. The molecular weight excluding hydrogens is 304 g/mol. The van der Waals surface area contributed by atoms with Gasteiger partial charge in [-0.25, -0.2) is 4.98 Å². The smallest absolute Gasteiger partial charge is 0.287 e. The fourth-order valence-corrected chi connectivity index (χ4v) is 3.01. The van der Waals surface area contributed by atoms with Gasteiger partial charge >= 0.3 is 0 Å². The van der Waals surface area contributed by atoms with Gasteiger partial charge in [0.2, 0.25) is 5.82 Å². The number of pyridine rings is 2. The van der Waals surface area contributed by atoms with Crippen LogP contribution in [-0.4, -0.2) is 39.5 Å². The molecule has 3 aromatic heterocycles. The number of amides is 1. The summed E-state index contributed by atoms with van der Waals surface area (Å²) in [7, 11) is 0. The lowest BCUT2D eigenvalue weighted by molar-refractivity contribution is 0.0691. The molecule has 1 N–H and O–H groups in total. The quantitative estimate of drug-likeness (QED) is 0.803. The van der Waals surface area contributed by atoms with Crippen molar-refractivity contribution in [1.29, 1.82) is 0 Å². The molecule has 6 heteroatoms. The topological polar surface area (TPSA) is 68.5 Å². The van der Waals surface area contributed by atoms with Gasteiger partial charge in [-0.1, -0.05) is 6.07 Å². The molecule has 1 fully saturated rings. The minimum Gasteiger partial charge on any atom is -0.381 e. The number of imidazole rings is 1. The molecule has 0 atom stereocenters. The van der Waals surface area contributed by atoms with Gasteiger partial charge in [0.25, 0.3) is 5.91 Å². The Kier molecular flexibility index (Phi) is 3.96. The zero-order chi connectivity index (χ0) is 16.4. The summed E-state index contributed by atoms with van der Waals surface area (Å²) < 4.78 is 7.18. The highest BCUT2D eigenvalue weighted by Crippen LogP contribution is 2.24. The molecule has 1 saturated heterocycles. The van der Waals surface area contributed by atoms with Gasteiger partial charge in [-0.15, -0.1) is 0 Å². The average molecular weight is 322 g/mol. The number of nitrogens with one attached hydrogen (secondary N) is 1. The van der Waals surface area contributed by atoms with Crippen LogP contribution in [0.1, 0.15) is 23.5 Å². The van der Waals surface area contributed by atoms with E-state index in [4.69, 9.17) is 4.74 Å². The van der Waals surface area contributed by atoms with Crippen LogP contribution in [0, 0.1) is 0 Å². The van der Waals surface area contributed by atoms with Crippen molar-refractivity contribution in [3.63, 3.8) is 0 Å². The summed E-state index contributed by atoms with van der Waals surface area (Å²) in [5, 5.41) is 3.08. The predicted molar refractivity (Wildman–Crippen MR) is 89.7 cm³/mol. The summed E-state index contributed by atoms with van der Waals surface area (Å²) in [6.45, 7) is 1.38. The summed E-state index contributed by atoms with van der Waals surface area (Å²) in [4.78, 5) is 21.4. The van der Waals surface area contributed by atoms with Crippen molar-refractivity contribution in [3.8, 4) is 11.3 Å². The first kappa shape index (κ1) is 14.8. The number of rotatable bonds is 3. The molecule has 0 bridgehead atoms. The molecule has 0 unspecified atom stereocenters. The Balaban J connectivity index is 1.71. The molecule has 0 aromatic carbocycles. The second-order valence-corrected chi connectivity index (χ2v) is 5.84. The van der Waals surface area contributed by atoms with Crippen molar-refractivity contribution >= 4 is 11.4 Å². The van der Waals surface area contributed by atoms with E-state index < -0.39 is 0 Å². The number of fused-ring (bicyclic) bond motifs is 1. The van der Waals surface area contributed by atoms with Crippen LogP contribution in [0.25, 0.3) is 16.8 Å². The van der Waals surface area contributed by atoms with E-state index in [2.05, 4.69) is 15.3 Å². The maximum atomic E-state index is 12.7. The molecule has 1 aliphatic rings. The summed E-state index contributed by atoms with van der Waals surface area (Å²) >= 11 is 0. The van der Waals surface area contributed by atoms with Crippen LogP contribution in [-0.2, 0) is 4.74 Å². The van der Waals surface area contributed by atoms with Crippen molar-refractivity contribution < 1.29 is 9.53 Å². The molecule has 0 saturated carbocycles. The summed E-state index contributed by atoms with van der Waals surface area (Å²) in [6, 6.07) is 9.75. The highest BCUT2D eigenvalue weighted by atomic mass is 16.5. The van der Waals surface area contributed by atoms with Gasteiger partial charge in [0.05, 0.1) is 11.2 Å². The standard InChI is InChI=1S/C18H18N4O2/c23-18(20-14-6-11-24-12-7-14)17-21-16(13-4-8-19-9-5-13)15-3-1-2-10-22(15)17/h1-5,8-10,14H,6-7,11-12H2,(H,20,23). The summed E-state index contributed by atoms with van der Waals surface area (Å²) in [5.41, 5.74) is 2.63. The number of nitrogens with zero attached hydrogens (tertiary/aromatic N) is 3. The Hall–Kier alpha value is -2.73. The van der Waals surface area contributed by atoms with Gasteiger partial charge in [0, 0.05) is 43.4 Å². The normalized spacial score (nSPS) is 15.5. The fraction of sp³-hybridized carbons (Fsp3) is 0.278. The first-order chi connectivity index (χ1) is 11.8. The number of hydrogen-bond donors (Lipinski definition) is 1. The van der Waals surface area contributed by atoms with Gasteiger partial charge in [0.1, 0.15) is 0 Å². The van der Waals surface area contributed by atoms with Gasteiger partial charge in [-0.3, -0.25) is 14.2 Å². The fourth-order valence-electron chi connectivity index (χ4n) is 3.01. The lowest BCUT2D eigenvalue weighted by Crippen LogP contribution is -2.39. The van der Waals surface area contributed by atoms with Crippen molar-refractivity contribution in [2.24, 2.45) is 0 Å². The van der Waals surface area contributed by atoms with Crippen LogP contribution in [0.4, 0.5) is 0 Å². The highest BCUT2D eigenvalue weighted by Gasteiger charge is 2.22. The van der Waals surface area contributed by atoms with Crippen LogP contribution in [0.3, 0.4) is 0 Å². The largest absolute Gasteiger partial charge is 0.381 e. The van der Waals surface area contributed by atoms with Crippen molar-refractivity contribution in [2.75, 3.05) is 13.2 Å². The molecule has 4 heterocycles. The molecule has 1 amide bonds. The maximum absolute atomic E-state index is 12.7. The van der Waals surface area contributed by atoms with Gasteiger partial charge in [0.15, 0.2) is 0 Å². The summed E-state index contributed by atoms with van der Waals surface area (Å²) in [6.07, 6.45) is 7.00. The number of aromatic nitrogens is 3. The van der Waals surface area contributed by atoms with E-state index >= 15 is 0 Å². The lowest BCUT2D eigenvalue weighted by atomic mass is 10.1. The minimum absolute atomic E-state index is 0.145. The van der Waals surface area contributed by atoms with E-state index in [1.165, 1.54) is 0 Å². The monoisotopic (exact) mass is 322 g/mol. The Morgan fingerprint density at radius 3 is 2.75 bits per heavy atom. The number of hydrogen-bond acceptors (Lipinski definition) is 4. The third kappa shape index (κ3) is 2.76. The molecule has 3 aromatic rings. The highest BCUT2D eigenvalue weighted by molar-refractivity contribution is 5.94. The Morgan fingerprint density at radius 2 is 1.96 bits per heavy atom. The number of ether oxygens (including phenoxy) is 1. The van der Waals surface area contributed by atoms with E-state index in [1.54, 1.807) is 12.4 Å². The molecule has 24 heavy (non-hydrogen) atoms. The van der Waals surface area contributed by atoms with E-state index in [0.717, 1.165) is 29.6 Å². The molecule has 0 radical (unpaired) electrons. The van der Waals surface area contributed by atoms with E-state index in [1.807, 2.05) is 40.9 Å². The second kappa shape index (κ2) is 6.41. The Bertz CT molecular complexity index is 854. The zero-order valence-electron chi connectivity index (χ0n) is 13.2. The van der Waals surface area contributed by atoms with E-state index in [-0.39, 0.29) is 11.9 Å². The average Bonchev–Trinajstić information content (AvgIpc) is 3.03. The maximum Gasteiger partial charge on any atom is 0.287 e. The number of carbonyl (C=O) groups excluding carboxylic acids is 1. The second-order valence-electron chi connectivity index (χ2n) is 5.84. The van der Waals surface area contributed by atoms with Gasteiger partial charge in [-0.2, -0.15) is 0 Å². The SMILES string of the molecule is O=C(NC1CCOCC1)c1nc(-c2ccncc2)c2ccccn12. The lowest BCUT2D eigenvalue weighted by Gasteiger charge is -2.22. The Morgan fingerprint density at radius 1 is 1.17 bits per heavy atom. The summed E-state index contributed by atoms with van der Waals surface area (Å²) in [5.74, 6) is 0.257. The van der Waals surface area contributed by atoms with E-state index in [0.29, 0.717) is 19.0 Å². The third-order valence-electron chi connectivity index (χ3n) is 4.26. The van der Waals surface area contributed by atoms with Gasteiger partial charge in [-0.05, 0) is 37.1 Å². The van der Waals surface area contributed by atoms with Crippen LogP contribution in [0.15, 0.2) is 48.9 Å². The van der Waals surface area contributed by atoms with Crippen LogP contribution in [0.5, 0.6) is 0 Å². The molecule has 122 valence electrons. The van der Waals surface area contributed by atoms with Crippen molar-refractivity contribution in [1.82, 2.24) is 19.7 Å². The van der Waals surface area contributed by atoms with Crippen LogP contribution >= 0.6 is 0 Å². The number of carbonyl (C=O) groups is 1. The molecule has 6 nitrogen and oxygen atoms in total. The van der Waals surface area contributed by atoms with Crippen LogP contribution in [0.2, 0.25) is 0 Å². The first-order valence-electron chi connectivity index (χ1n) is 8.09. The Labute approximate surface area is 139 Å². The third-order valence-corrected chi connectivity index (χ3v) is 4.26. The van der Waals surface area contributed by atoms with Crippen LogP contribution < -0.4 is 5.32 Å². The molecule has 1 aliphatic heterocycles. The van der Waals surface area contributed by atoms with Crippen molar-refractivity contribution in [3.05, 3.63) is 54.7 Å². The molecule has 0 aliphatic carbocycles.